The van der Waals surface area contributed by atoms with E-state index in [0.29, 0.717) is 34.8 Å². The van der Waals surface area contributed by atoms with Crippen molar-refractivity contribution in [2.24, 2.45) is 0 Å². The van der Waals surface area contributed by atoms with Gasteiger partial charge in [0.25, 0.3) is 0 Å². The largest absolute Gasteiger partial charge is 0.573 e. The van der Waals surface area contributed by atoms with Crippen LogP contribution >= 0.6 is 23.2 Å². The number of urea groups is 1. The number of amides is 2. The van der Waals surface area contributed by atoms with Crippen molar-refractivity contribution in [2.75, 3.05) is 4.90 Å². The molecule has 0 radical (unpaired) electrons. The van der Waals surface area contributed by atoms with E-state index in [1.807, 2.05) is 32.9 Å². The molecule has 2 aromatic carbocycles. The highest BCUT2D eigenvalue weighted by atomic mass is 35.5. The molecule has 0 saturated carbocycles. The Kier molecular flexibility index (Phi) is 6.62. The summed E-state index contributed by atoms with van der Waals surface area (Å²) in [6, 6.07) is 11.8. The van der Waals surface area contributed by atoms with E-state index in [1.54, 1.807) is 46.2 Å². The minimum Gasteiger partial charge on any atom is -0.406 e. The highest BCUT2D eigenvalue weighted by Gasteiger charge is 2.55. The molecule has 0 aromatic heterocycles. The van der Waals surface area contributed by atoms with Crippen LogP contribution in [0.25, 0.3) is 0 Å². The van der Waals surface area contributed by atoms with Crippen molar-refractivity contribution in [1.29, 1.82) is 0 Å². The van der Waals surface area contributed by atoms with Crippen molar-refractivity contribution in [3.05, 3.63) is 83.0 Å². The zero-order valence-electron chi connectivity index (χ0n) is 19.4. The van der Waals surface area contributed by atoms with E-state index >= 15 is 0 Å². The maximum absolute atomic E-state index is 14.0. The Morgan fingerprint density at radius 2 is 1.83 bits per heavy atom. The molecule has 35 heavy (non-hydrogen) atoms. The first-order valence-corrected chi connectivity index (χ1v) is 11.9. The fourth-order valence-corrected chi connectivity index (χ4v) is 4.98. The number of nitrogens with zero attached hydrogens (tertiary/aromatic N) is 2. The van der Waals surface area contributed by atoms with Crippen molar-refractivity contribution in [3.8, 4) is 5.75 Å². The molecule has 1 heterocycles. The lowest BCUT2D eigenvalue weighted by atomic mass is 9.83. The lowest BCUT2D eigenvalue weighted by Crippen LogP contribution is -2.45. The predicted octanol–water partition coefficient (Wildman–Crippen LogP) is 8.23. The number of allylic oxidation sites excluding steroid dienone is 3. The zero-order valence-corrected chi connectivity index (χ0v) is 21.0. The lowest BCUT2D eigenvalue weighted by Gasteiger charge is -2.38. The summed E-state index contributed by atoms with van der Waals surface area (Å²) in [6.45, 7) is 5.75. The Morgan fingerprint density at radius 1 is 1.14 bits per heavy atom. The number of ether oxygens (including phenoxy) is 1. The van der Waals surface area contributed by atoms with Crippen LogP contribution in [0.3, 0.4) is 0 Å². The van der Waals surface area contributed by atoms with Gasteiger partial charge in [-0.05, 0) is 74.7 Å². The standard InChI is InChI=1S/C26H25Cl2F3N2O2/c1-4-25(3)22(17-6-5-7-21(16-17)35-26(29,30)31)32(19-12-14-24(2,28)15-13-19)23(34)33(25)20-10-8-18(27)9-11-20/h5-14,16,22H,4,15H2,1-3H3/t22-,24?,25-/m1/s1. The first-order chi connectivity index (χ1) is 16.3. The SMILES string of the molecule is CC[C@]1(C)[C@@H](c2cccc(OC(F)(F)F)c2)N(C2=CCC(C)(Cl)C=C2)C(=O)N1c1ccc(Cl)cc1. The molecule has 9 heteroatoms. The highest BCUT2D eigenvalue weighted by Crippen LogP contribution is 2.50. The Labute approximate surface area is 212 Å². The molecule has 4 nitrogen and oxygen atoms in total. The molecule has 1 unspecified atom stereocenters. The molecule has 1 aliphatic carbocycles. The van der Waals surface area contributed by atoms with Gasteiger partial charge in [-0.15, -0.1) is 24.8 Å². The maximum atomic E-state index is 14.0. The van der Waals surface area contributed by atoms with Gasteiger partial charge < -0.3 is 4.74 Å². The van der Waals surface area contributed by atoms with E-state index < -0.39 is 22.8 Å². The summed E-state index contributed by atoms with van der Waals surface area (Å²) in [5.41, 5.74) is 0.991. The predicted molar refractivity (Wildman–Crippen MR) is 132 cm³/mol. The van der Waals surface area contributed by atoms with E-state index in [9.17, 15) is 18.0 Å². The van der Waals surface area contributed by atoms with Gasteiger partial charge >= 0.3 is 12.4 Å². The van der Waals surface area contributed by atoms with E-state index in [0.717, 1.165) is 0 Å². The van der Waals surface area contributed by atoms with Gasteiger partial charge in [-0.2, -0.15) is 0 Å². The molecular weight excluding hydrogens is 500 g/mol. The van der Waals surface area contributed by atoms with Crippen molar-refractivity contribution < 1.29 is 22.7 Å². The van der Waals surface area contributed by atoms with Crippen LogP contribution in [0, 0.1) is 0 Å². The number of halogens is 5. The van der Waals surface area contributed by atoms with Gasteiger partial charge in [0.1, 0.15) is 5.75 Å². The monoisotopic (exact) mass is 524 g/mol. The molecule has 0 bridgehead atoms. The third-order valence-electron chi connectivity index (χ3n) is 6.55. The quantitative estimate of drug-likeness (QED) is 0.369. The minimum absolute atomic E-state index is 0.294. The fraction of sp³-hybridized carbons (Fsp3) is 0.346. The Balaban J connectivity index is 1.87. The average Bonchev–Trinajstić information content (AvgIpc) is 3.01. The second kappa shape index (κ2) is 9.10. The van der Waals surface area contributed by atoms with Crippen LogP contribution in [0.15, 0.2) is 72.5 Å². The normalized spacial score (nSPS) is 26.8. The summed E-state index contributed by atoms with van der Waals surface area (Å²) in [4.78, 5) is 16.8. The van der Waals surface area contributed by atoms with Crippen molar-refractivity contribution in [3.63, 3.8) is 0 Å². The third kappa shape index (κ3) is 5.02. The van der Waals surface area contributed by atoms with Crippen molar-refractivity contribution >= 4 is 34.9 Å². The molecule has 4 rings (SSSR count). The second-order valence-electron chi connectivity index (χ2n) is 9.14. The van der Waals surface area contributed by atoms with Crippen LogP contribution in [0.1, 0.15) is 45.2 Å². The first-order valence-electron chi connectivity index (χ1n) is 11.2. The Hall–Kier alpha value is -2.64. The highest BCUT2D eigenvalue weighted by molar-refractivity contribution is 6.30. The smallest absolute Gasteiger partial charge is 0.406 e. The zero-order chi connectivity index (χ0) is 25.6. The number of benzene rings is 2. The summed E-state index contributed by atoms with van der Waals surface area (Å²) < 4.78 is 43.0. The fourth-order valence-electron chi connectivity index (χ4n) is 4.71. The van der Waals surface area contributed by atoms with Crippen molar-refractivity contribution in [2.45, 2.75) is 56.4 Å². The topological polar surface area (TPSA) is 32.8 Å². The first kappa shape index (κ1) is 25.5. The van der Waals surface area contributed by atoms with Gasteiger partial charge in [0.15, 0.2) is 0 Å². The molecule has 2 aliphatic rings. The molecule has 2 aromatic rings. The second-order valence-corrected chi connectivity index (χ2v) is 10.4. The van der Waals surface area contributed by atoms with Gasteiger partial charge in [0, 0.05) is 16.4 Å². The number of hydrogen-bond donors (Lipinski definition) is 0. The number of carbonyl (C=O) groups is 1. The minimum atomic E-state index is -4.83. The van der Waals surface area contributed by atoms with Crippen LogP contribution < -0.4 is 9.64 Å². The number of alkyl halides is 4. The molecule has 1 aliphatic heterocycles. The molecule has 2 amide bonds. The molecule has 186 valence electrons. The van der Waals surface area contributed by atoms with Crippen LogP contribution in [0.5, 0.6) is 5.75 Å². The molecule has 3 atom stereocenters. The van der Waals surface area contributed by atoms with Crippen LogP contribution in [0.4, 0.5) is 23.7 Å². The molecular formula is C26H25Cl2F3N2O2. The molecule has 1 saturated heterocycles. The Bertz CT molecular complexity index is 1180. The van der Waals surface area contributed by atoms with Gasteiger partial charge in [0.05, 0.1) is 16.5 Å². The number of hydrogen-bond acceptors (Lipinski definition) is 2. The maximum Gasteiger partial charge on any atom is 0.573 e. The number of anilines is 1. The summed E-state index contributed by atoms with van der Waals surface area (Å²) in [7, 11) is 0. The molecule has 0 N–H and O–H groups in total. The molecule has 1 fully saturated rings. The Morgan fingerprint density at radius 3 is 2.40 bits per heavy atom. The van der Waals surface area contributed by atoms with Crippen LogP contribution in [-0.2, 0) is 0 Å². The third-order valence-corrected chi connectivity index (χ3v) is 7.09. The average molecular weight is 525 g/mol. The van der Waals surface area contributed by atoms with E-state index in [-0.39, 0.29) is 11.8 Å². The van der Waals surface area contributed by atoms with Crippen molar-refractivity contribution in [1.82, 2.24) is 4.90 Å². The molecule has 0 spiro atoms. The number of carbonyl (C=O) groups excluding carboxylic acids is 1. The van der Waals surface area contributed by atoms with E-state index in [4.69, 9.17) is 23.2 Å². The van der Waals surface area contributed by atoms with Crippen LogP contribution in [-0.4, -0.2) is 27.7 Å². The summed E-state index contributed by atoms with van der Waals surface area (Å²) in [6.07, 6.45) is 1.70. The van der Waals surface area contributed by atoms with Crippen LogP contribution in [0.2, 0.25) is 5.02 Å². The summed E-state index contributed by atoms with van der Waals surface area (Å²) >= 11 is 12.5. The lowest BCUT2D eigenvalue weighted by molar-refractivity contribution is -0.274. The summed E-state index contributed by atoms with van der Waals surface area (Å²) in [5, 5.41) is 0.531. The van der Waals surface area contributed by atoms with E-state index in [2.05, 4.69) is 4.74 Å². The van der Waals surface area contributed by atoms with Gasteiger partial charge in [-0.25, -0.2) is 4.79 Å². The van der Waals surface area contributed by atoms with Gasteiger partial charge in [-0.1, -0.05) is 42.8 Å². The summed E-state index contributed by atoms with van der Waals surface area (Å²) in [5.74, 6) is -0.340. The van der Waals surface area contributed by atoms with Gasteiger partial charge in [0.2, 0.25) is 0 Å². The van der Waals surface area contributed by atoms with E-state index in [1.165, 1.54) is 18.2 Å². The van der Waals surface area contributed by atoms with Gasteiger partial charge in [-0.3, -0.25) is 9.80 Å². The number of rotatable bonds is 5.